The summed E-state index contributed by atoms with van der Waals surface area (Å²) in [6.07, 6.45) is 7.29. The molecule has 3 rings (SSSR count). The zero-order valence-electron chi connectivity index (χ0n) is 15.6. The summed E-state index contributed by atoms with van der Waals surface area (Å²) in [7, 11) is 0. The SMILES string of the molecule is CCOC(=O)COc1ccc(Br)cc1/C=C1\SC(=S)N(C2CCCCC2)C1=O. The average Bonchev–Trinajstić information content (AvgIpc) is 2.95. The van der Waals surface area contributed by atoms with Crippen molar-refractivity contribution in [2.75, 3.05) is 13.2 Å². The van der Waals surface area contributed by atoms with Gasteiger partial charge in [-0.15, -0.1) is 0 Å². The molecule has 1 aliphatic carbocycles. The van der Waals surface area contributed by atoms with Gasteiger partial charge in [-0.1, -0.05) is 59.2 Å². The molecule has 8 heteroatoms. The topological polar surface area (TPSA) is 55.8 Å². The molecule has 0 unspecified atom stereocenters. The van der Waals surface area contributed by atoms with E-state index in [0.717, 1.165) is 30.2 Å². The van der Waals surface area contributed by atoms with Crippen LogP contribution in [-0.2, 0) is 14.3 Å². The molecule has 150 valence electrons. The van der Waals surface area contributed by atoms with E-state index >= 15 is 0 Å². The van der Waals surface area contributed by atoms with Crippen LogP contribution in [0.3, 0.4) is 0 Å². The number of thioether (sulfide) groups is 1. The van der Waals surface area contributed by atoms with Crippen molar-refractivity contribution >= 4 is 62.2 Å². The summed E-state index contributed by atoms with van der Waals surface area (Å²) in [6.45, 7) is 1.87. The smallest absolute Gasteiger partial charge is 0.344 e. The van der Waals surface area contributed by atoms with Gasteiger partial charge in [-0.3, -0.25) is 9.69 Å². The van der Waals surface area contributed by atoms with Gasteiger partial charge >= 0.3 is 5.97 Å². The van der Waals surface area contributed by atoms with Crippen LogP contribution in [0.5, 0.6) is 5.75 Å². The Morgan fingerprint density at radius 1 is 1.36 bits per heavy atom. The minimum absolute atomic E-state index is 0.0433. The number of carbonyl (C=O) groups excluding carboxylic acids is 2. The summed E-state index contributed by atoms with van der Waals surface area (Å²) < 4.78 is 12.0. The Hall–Kier alpha value is -1.38. The van der Waals surface area contributed by atoms with Crippen LogP contribution in [0.4, 0.5) is 0 Å². The Bertz CT molecular complexity index is 805. The van der Waals surface area contributed by atoms with Crippen LogP contribution in [0.2, 0.25) is 0 Å². The zero-order chi connectivity index (χ0) is 20.1. The first kappa shape index (κ1) is 21.3. The van der Waals surface area contributed by atoms with Gasteiger partial charge in [0.1, 0.15) is 10.1 Å². The van der Waals surface area contributed by atoms with E-state index in [1.807, 2.05) is 12.1 Å². The summed E-state index contributed by atoms with van der Waals surface area (Å²) in [6, 6.07) is 5.64. The lowest BCUT2D eigenvalue weighted by atomic mass is 9.94. The number of benzene rings is 1. The Labute approximate surface area is 182 Å². The van der Waals surface area contributed by atoms with Gasteiger partial charge in [0.2, 0.25) is 0 Å². The van der Waals surface area contributed by atoms with Crippen molar-refractivity contribution in [3.05, 3.63) is 33.1 Å². The highest BCUT2D eigenvalue weighted by Crippen LogP contribution is 2.38. The van der Waals surface area contributed by atoms with E-state index in [1.165, 1.54) is 18.2 Å². The van der Waals surface area contributed by atoms with E-state index in [-0.39, 0.29) is 18.6 Å². The van der Waals surface area contributed by atoms with Gasteiger partial charge in [-0.25, -0.2) is 4.79 Å². The van der Waals surface area contributed by atoms with Crippen molar-refractivity contribution in [2.45, 2.75) is 45.1 Å². The third kappa shape index (κ3) is 5.15. The van der Waals surface area contributed by atoms with Crippen LogP contribution in [0.15, 0.2) is 27.6 Å². The van der Waals surface area contributed by atoms with Crippen LogP contribution in [0.25, 0.3) is 6.08 Å². The Morgan fingerprint density at radius 2 is 2.11 bits per heavy atom. The number of thiocarbonyl (C=S) groups is 1. The first-order valence-electron chi connectivity index (χ1n) is 9.34. The summed E-state index contributed by atoms with van der Waals surface area (Å²) in [5, 5.41) is 0. The van der Waals surface area contributed by atoms with E-state index in [4.69, 9.17) is 21.7 Å². The van der Waals surface area contributed by atoms with Crippen LogP contribution in [0.1, 0.15) is 44.6 Å². The highest BCUT2D eigenvalue weighted by molar-refractivity contribution is 9.10. The number of halogens is 1. The van der Waals surface area contributed by atoms with Crippen LogP contribution in [0, 0.1) is 0 Å². The molecular weight excluding hydrogens is 462 g/mol. The lowest BCUT2D eigenvalue weighted by Crippen LogP contribution is -2.39. The van der Waals surface area contributed by atoms with E-state index in [0.29, 0.717) is 27.1 Å². The van der Waals surface area contributed by atoms with Crippen molar-refractivity contribution < 1.29 is 19.1 Å². The van der Waals surface area contributed by atoms with Gasteiger partial charge in [-0.2, -0.15) is 0 Å². The number of hydrogen-bond donors (Lipinski definition) is 0. The van der Waals surface area contributed by atoms with E-state index < -0.39 is 5.97 Å². The van der Waals surface area contributed by atoms with E-state index in [9.17, 15) is 9.59 Å². The summed E-state index contributed by atoms with van der Waals surface area (Å²) in [5.74, 6) is 0.0393. The molecular formula is C20H22BrNO4S2. The number of hydrogen-bond acceptors (Lipinski definition) is 6. The number of amides is 1. The standard InChI is InChI=1S/C20H22BrNO4S2/c1-2-25-18(23)12-26-16-9-8-14(21)10-13(16)11-17-19(24)22(20(27)28-17)15-6-4-3-5-7-15/h8-11,15H,2-7,12H2,1H3/b17-11-. The summed E-state index contributed by atoms with van der Waals surface area (Å²) >= 11 is 10.3. The third-order valence-electron chi connectivity index (χ3n) is 4.67. The molecule has 1 saturated carbocycles. The van der Waals surface area contributed by atoms with E-state index in [1.54, 1.807) is 24.0 Å². The Morgan fingerprint density at radius 3 is 2.82 bits per heavy atom. The van der Waals surface area contributed by atoms with Crippen molar-refractivity contribution in [2.24, 2.45) is 0 Å². The predicted octanol–water partition coefficient (Wildman–Crippen LogP) is 4.92. The van der Waals surface area contributed by atoms with Gasteiger partial charge < -0.3 is 9.47 Å². The molecule has 0 radical (unpaired) electrons. The minimum atomic E-state index is -0.431. The zero-order valence-corrected chi connectivity index (χ0v) is 18.8. The second-order valence-electron chi connectivity index (χ2n) is 6.62. The number of nitrogens with zero attached hydrogens (tertiary/aromatic N) is 1. The highest BCUT2D eigenvalue weighted by atomic mass is 79.9. The molecule has 2 aliphatic rings. The van der Waals surface area contributed by atoms with E-state index in [2.05, 4.69) is 15.9 Å². The third-order valence-corrected chi connectivity index (χ3v) is 6.50. The fraction of sp³-hybridized carbons (Fsp3) is 0.450. The van der Waals surface area contributed by atoms with Crippen LogP contribution < -0.4 is 4.74 Å². The molecule has 1 amide bonds. The number of carbonyl (C=O) groups is 2. The van der Waals surface area contributed by atoms with Gasteiger partial charge in [0.25, 0.3) is 5.91 Å². The largest absolute Gasteiger partial charge is 0.481 e. The van der Waals surface area contributed by atoms with Crippen molar-refractivity contribution in [1.82, 2.24) is 4.90 Å². The fourth-order valence-electron chi connectivity index (χ4n) is 3.38. The molecule has 0 aromatic heterocycles. The molecule has 2 fully saturated rings. The molecule has 1 saturated heterocycles. The molecule has 28 heavy (non-hydrogen) atoms. The lowest BCUT2D eigenvalue weighted by molar-refractivity contribution is -0.145. The van der Waals surface area contributed by atoms with Gasteiger partial charge in [0.05, 0.1) is 11.5 Å². The molecule has 1 heterocycles. The first-order valence-corrected chi connectivity index (χ1v) is 11.4. The quantitative estimate of drug-likeness (QED) is 0.325. The fourth-order valence-corrected chi connectivity index (χ4v) is 5.15. The van der Waals surface area contributed by atoms with Crippen LogP contribution >= 0.6 is 39.9 Å². The Balaban J connectivity index is 1.80. The second kappa shape index (κ2) is 9.89. The molecule has 1 aromatic rings. The molecule has 0 bridgehead atoms. The van der Waals surface area contributed by atoms with Gasteiger partial charge in [-0.05, 0) is 44.0 Å². The van der Waals surface area contributed by atoms with Gasteiger partial charge in [0.15, 0.2) is 6.61 Å². The number of ether oxygens (including phenoxy) is 2. The maximum atomic E-state index is 13.0. The maximum absolute atomic E-state index is 13.0. The first-order chi connectivity index (χ1) is 13.5. The number of rotatable bonds is 6. The molecule has 1 aliphatic heterocycles. The predicted molar refractivity (Wildman–Crippen MR) is 118 cm³/mol. The monoisotopic (exact) mass is 483 g/mol. The van der Waals surface area contributed by atoms with Crippen LogP contribution in [-0.4, -0.2) is 40.4 Å². The van der Waals surface area contributed by atoms with Crippen molar-refractivity contribution in [3.63, 3.8) is 0 Å². The normalized spacial score (nSPS) is 19.4. The maximum Gasteiger partial charge on any atom is 0.344 e. The average molecular weight is 484 g/mol. The van der Waals surface area contributed by atoms with Crippen molar-refractivity contribution in [1.29, 1.82) is 0 Å². The Kier molecular flexibility index (Phi) is 7.54. The number of esters is 1. The molecule has 5 nitrogen and oxygen atoms in total. The minimum Gasteiger partial charge on any atom is -0.481 e. The molecule has 0 N–H and O–H groups in total. The molecule has 0 spiro atoms. The second-order valence-corrected chi connectivity index (χ2v) is 9.21. The highest BCUT2D eigenvalue weighted by Gasteiger charge is 2.37. The summed E-state index contributed by atoms with van der Waals surface area (Å²) in [4.78, 5) is 26.9. The molecule has 1 aromatic carbocycles. The summed E-state index contributed by atoms with van der Waals surface area (Å²) in [5.41, 5.74) is 0.711. The molecule has 0 atom stereocenters. The van der Waals surface area contributed by atoms with Gasteiger partial charge in [0, 0.05) is 16.1 Å². The van der Waals surface area contributed by atoms with Crippen molar-refractivity contribution in [3.8, 4) is 5.75 Å². The lowest BCUT2D eigenvalue weighted by Gasteiger charge is -2.29.